The molecule has 0 bridgehead atoms. The highest BCUT2D eigenvalue weighted by Crippen LogP contribution is 2.32. The molecule has 1 amide bonds. The molecule has 0 aliphatic rings. The minimum absolute atomic E-state index is 0.143. The average Bonchev–Trinajstić information content (AvgIpc) is 2.70. The van der Waals surface area contributed by atoms with Gasteiger partial charge in [-0.25, -0.2) is 4.79 Å². The van der Waals surface area contributed by atoms with E-state index in [1.165, 1.54) is 7.11 Å². The Kier molecular flexibility index (Phi) is 5.77. The van der Waals surface area contributed by atoms with Crippen LogP contribution in [0.2, 0.25) is 0 Å². The van der Waals surface area contributed by atoms with E-state index in [1.807, 2.05) is 13.0 Å². The van der Waals surface area contributed by atoms with Gasteiger partial charge in [-0.2, -0.15) is 0 Å². The Morgan fingerprint density at radius 1 is 1.00 bits per heavy atom. The summed E-state index contributed by atoms with van der Waals surface area (Å²) in [5, 5.41) is 3.45. The van der Waals surface area contributed by atoms with Crippen LogP contribution in [0.3, 0.4) is 0 Å². The lowest BCUT2D eigenvalue weighted by molar-refractivity contribution is -0.115. The molecule has 0 saturated heterocycles. The van der Waals surface area contributed by atoms with Crippen LogP contribution in [0.25, 0.3) is 11.0 Å². The van der Waals surface area contributed by atoms with Gasteiger partial charge in [0.05, 0.1) is 44.4 Å². The third-order valence-electron chi connectivity index (χ3n) is 4.73. The van der Waals surface area contributed by atoms with Crippen molar-refractivity contribution < 1.29 is 23.4 Å². The van der Waals surface area contributed by atoms with Crippen molar-refractivity contribution in [3.63, 3.8) is 0 Å². The molecule has 3 aromatic rings. The van der Waals surface area contributed by atoms with E-state index in [2.05, 4.69) is 5.32 Å². The molecule has 1 heterocycles. The van der Waals surface area contributed by atoms with Crippen LogP contribution < -0.4 is 25.2 Å². The first-order valence-electron chi connectivity index (χ1n) is 9.00. The monoisotopic (exact) mass is 397 g/mol. The summed E-state index contributed by atoms with van der Waals surface area (Å²) in [5.74, 6) is 1.29. The largest absolute Gasteiger partial charge is 0.497 e. The topological polar surface area (TPSA) is 87.0 Å². The summed E-state index contributed by atoms with van der Waals surface area (Å²) in [5.41, 5.74) is 2.22. The zero-order valence-electron chi connectivity index (χ0n) is 17.0. The number of anilines is 1. The number of ether oxygens (including phenoxy) is 3. The first-order valence-corrected chi connectivity index (χ1v) is 9.00. The molecule has 1 N–H and O–H groups in total. The van der Waals surface area contributed by atoms with Crippen LogP contribution in [0.1, 0.15) is 16.7 Å². The molecule has 0 fully saturated rings. The molecule has 0 unspecified atom stereocenters. The fraction of sp³-hybridized carbons (Fsp3) is 0.273. The van der Waals surface area contributed by atoms with E-state index >= 15 is 0 Å². The van der Waals surface area contributed by atoms with Crippen LogP contribution >= 0.6 is 0 Å². The molecular formula is C22H23NO6. The number of aryl methyl sites for hydroxylation is 2. The predicted octanol–water partition coefficient (Wildman–Crippen LogP) is 3.62. The molecule has 0 saturated carbocycles. The lowest BCUT2D eigenvalue weighted by Gasteiger charge is -2.13. The van der Waals surface area contributed by atoms with E-state index in [4.69, 9.17) is 18.6 Å². The van der Waals surface area contributed by atoms with Crippen LogP contribution in [-0.4, -0.2) is 27.2 Å². The van der Waals surface area contributed by atoms with E-state index < -0.39 is 5.63 Å². The summed E-state index contributed by atoms with van der Waals surface area (Å²) in [6.45, 7) is 3.68. The van der Waals surface area contributed by atoms with Gasteiger partial charge in [0, 0.05) is 6.07 Å². The first kappa shape index (κ1) is 20.3. The van der Waals surface area contributed by atoms with Gasteiger partial charge in [-0.1, -0.05) is 0 Å². The molecule has 152 valence electrons. The van der Waals surface area contributed by atoms with Gasteiger partial charge in [-0.15, -0.1) is 0 Å². The average molecular weight is 397 g/mol. The number of hydrogen-bond acceptors (Lipinski definition) is 6. The van der Waals surface area contributed by atoms with Crippen LogP contribution in [0, 0.1) is 13.8 Å². The summed E-state index contributed by atoms with van der Waals surface area (Å²) >= 11 is 0. The molecule has 0 aliphatic heterocycles. The molecule has 29 heavy (non-hydrogen) atoms. The Morgan fingerprint density at radius 3 is 2.38 bits per heavy atom. The van der Waals surface area contributed by atoms with E-state index in [-0.39, 0.29) is 17.9 Å². The smallest absolute Gasteiger partial charge is 0.340 e. The van der Waals surface area contributed by atoms with Gasteiger partial charge in [-0.3, -0.25) is 4.79 Å². The number of benzene rings is 2. The third kappa shape index (κ3) is 4.03. The van der Waals surface area contributed by atoms with Gasteiger partial charge in [0.2, 0.25) is 5.91 Å². The Bertz CT molecular complexity index is 1130. The number of methoxy groups -OCH3 is 3. The molecule has 7 heteroatoms. The lowest BCUT2D eigenvalue weighted by atomic mass is 10.0. The predicted molar refractivity (Wildman–Crippen MR) is 110 cm³/mol. The van der Waals surface area contributed by atoms with Crippen LogP contribution in [0.5, 0.6) is 17.2 Å². The van der Waals surface area contributed by atoms with Crippen LogP contribution in [0.4, 0.5) is 5.69 Å². The van der Waals surface area contributed by atoms with E-state index in [0.29, 0.717) is 39.5 Å². The number of carbonyl (C=O) groups excluding carboxylic acids is 1. The minimum atomic E-state index is -0.542. The molecule has 0 radical (unpaired) electrons. The van der Waals surface area contributed by atoms with Crippen molar-refractivity contribution in [3.8, 4) is 17.2 Å². The molecule has 3 rings (SSSR count). The Labute approximate surface area is 168 Å². The maximum atomic E-state index is 12.6. The zero-order valence-corrected chi connectivity index (χ0v) is 17.0. The van der Waals surface area contributed by atoms with Gasteiger partial charge < -0.3 is 23.9 Å². The number of rotatable bonds is 6. The summed E-state index contributed by atoms with van der Waals surface area (Å²) in [4.78, 5) is 25.2. The fourth-order valence-electron chi connectivity index (χ4n) is 3.26. The second-order valence-electron chi connectivity index (χ2n) is 6.62. The Morgan fingerprint density at radius 2 is 1.72 bits per heavy atom. The third-order valence-corrected chi connectivity index (χ3v) is 4.73. The number of nitrogens with one attached hydrogen (secondary N) is 1. The maximum Gasteiger partial charge on any atom is 0.340 e. The SMILES string of the molecule is COc1ccc(NC(=O)Cc2c(C)c3c(OC)cc(C)cc3oc2=O)c(OC)c1. The Hall–Kier alpha value is -3.48. The van der Waals surface area contributed by atoms with Crippen molar-refractivity contribution in [2.45, 2.75) is 20.3 Å². The van der Waals surface area contributed by atoms with E-state index in [1.54, 1.807) is 45.4 Å². The second kappa shape index (κ2) is 8.26. The quantitative estimate of drug-likeness (QED) is 0.640. The van der Waals surface area contributed by atoms with Gasteiger partial charge in [0.25, 0.3) is 0 Å². The zero-order chi connectivity index (χ0) is 21.1. The standard InChI is InChI=1S/C22H23NO6/c1-12-8-18(28-5)21-13(2)15(22(25)29-19(21)9-12)11-20(24)23-16-7-6-14(26-3)10-17(16)27-4/h6-10H,11H2,1-5H3,(H,23,24). The molecule has 0 atom stereocenters. The second-order valence-corrected chi connectivity index (χ2v) is 6.62. The van der Waals surface area contributed by atoms with Crippen molar-refractivity contribution in [2.75, 3.05) is 26.6 Å². The van der Waals surface area contributed by atoms with Crippen LogP contribution in [-0.2, 0) is 11.2 Å². The number of hydrogen-bond donors (Lipinski definition) is 1. The van der Waals surface area contributed by atoms with Gasteiger partial charge >= 0.3 is 5.63 Å². The summed E-state index contributed by atoms with van der Waals surface area (Å²) in [6.07, 6.45) is -0.143. The summed E-state index contributed by atoms with van der Waals surface area (Å²) in [6, 6.07) is 8.69. The number of amides is 1. The highest BCUT2D eigenvalue weighted by atomic mass is 16.5. The highest BCUT2D eigenvalue weighted by Gasteiger charge is 2.19. The van der Waals surface area contributed by atoms with Crippen molar-refractivity contribution >= 4 is 22.6 Å². The number of carbonyl (C=O) groups is 1. The molecule has 0 spiro atoms. The van der Waals surface area contributed by atoms with Gasteiger partial charge in [0.15, 0.2) is 0 Å². The van der Waals surface area contributed by atoms with Crippen molar-refractivity contribution in [1.29, 1.82) is 0 Å². The molecule has 1 aromatic heterocycles. The first-order chi connectivity index (χ1) is 13.9. The Balaban J connectivity index is 1.95. The fourth-order valence-corrected chi connectivity index (χ4v) is 3.26. The van der Waals surface area contributed by atoms with E-state index in [9.17, 15) is 9.59 Å². The summed E-state index contributed by atoms with van der Waals surface area (Å²) < 4.78 is 21.4. The summed E-state index contributed by atoms with van der Waals surface area (Å²) in [7, 11) is 4.60. The van der Waals surface area contributed by atoms with Crippen molar-refractivity contribution in [2.24, 2.45) is 0 Å². The molecular weight excluding hydrogens is 374 g/mol. The lowest BCUT2D eigenvalue weighted by Crippen LogP contribution is -2.21. The normalized spacial score (nSPS) is 10.7. The van der Waals surface area contributed by atoms with E-state index in [0.717, 1.165) is 5.56 Å². The number of fused-ring (bicyclic) bond motifs is 1. The van der Waals surface area contributed by atoms with Gasteiger partial charge in [0.1, 0.15) is 22.8 Å². The van der Waals surface area contributed by atoms with Crippen LogP contribution in [0.15, 0.2) is 39.5 Å². The highest BCUT2D eigenvalue weighted by molar-refractivity contribution is 5.95. The van der Waals surface area contributed by atoms with Gasteiger partial charge in [-0.05, 0) is 49.2 Å². The van der Waals surface area contributed by atoms with Crippen molar-refractivity contribution in [1.82, 2.24) is 0 Å². The molecule has 0 aliphatic carbocycles. The van der Waals surface area contributed by atoms with Crippen molar-refractivity contribution in [3.05, 3.63) is 57.4 Å². The maximum absolute atomic E-state index is 12.6. The minimum Gasteiger partial charge on any atom is -0.497 e. The molecule has 2 aromatic carbocycles. The molecule has 7 nitrogen and oxygen atoms in total.